The zero-order valence-corrected chi connectivity index (χ0v) is 37.8. The largest absolute Gasteiger partial charge is 0.394 e. The summed E-state index contributed by atoms with van der Waals surface area (Å²) in [7, 11) is 0. The Morgan fingerprint density at radius 2 is 0.737 bits per heavy atom. The molecule has 0 spiro atoms. The van der Waals surface area contributed by atoms with Gasteiger partial charge < -0.3 is 15.5 Å². The average molecular weight is 794 g/mol. The van der Waals surface area contributed by atoms with Crippen molar-refractivity contribution in [3.05, 3.63) is 72.9 Å². The van der Waals surface area contributed by atoms with Gasteiger partial charge in [-0.15, -0.1) is 0 Å². The van der Waals surface area contributed by atoms with Crippen molar-refractivity contribution >= 4 is 5.91 Å². The van der Waals surface area contributed by atoms with E-state index >= 15 is 0 Å². The molecule has 4 heteroatoms. The van der Waals surface area contributed by atoms with Crippen LogP contribution in [0, 0.1) is 0 Å². The lowest BCUT2D eigenvalue weighted by molar-refractivity contribution is -0.123. The van der Waals surface area contributed by atoms with Crippen molar-refractivity contribution in [1.29, 1.82) is 0 Å². The first-order valence-corrected chi connectivity index (χ1v) is 24.7. The first kappa shape index (κ1) is 54.8. The zero-order chi connectivity index (χ0) is 41.4. The molecule has 0 radical (unpaired) electrons. The number of hydrogen-bond donors (Lipinski definition) is 3. The molecular weight excluding hydrogens is 699 g/mol. The number of aliphatic hydroxyl groups is 2. The van der Waals surface area contributed by atoms with Gasteiger partial charge in [0.1, 0.15) is 0 Å². The molecule has 2 atom stereocenters. The van der Waals surface area contributed by atoms with Crippen LogP contribution in [-0.4, -0.2) is 34.9 Å². The highest BCUT2D eigenvalue weighted by Crippen LogP contribution is 2.15. The average Bonchev–Trinajstić information content (AvgIpc) is 3.22. The molecule has 4 nitrogen and oxygen atoms in total. The predicted molar refractivity (Wildman–Crippen MR) is 253 cm³/mol. The maximum absolute atomic E-state index is 12.4. The number of allylic oxidation sites excluding steroid dienone is 11. The number of rotatable bonds is 44. The van der Waals surface area contributed by atoms with E-state index in [9.17, 15) is 15.0 Å². The topological polar surface area (TPSA) is 69.6 Å². The number of carbonyl (C=O) groups excluding carboxylic acids is 1. The summed E-state index contributed by atoms with van der Waals surface area (Å²) >= 11 is 0. The van der Waals surface area contributed by atoms with Crippen molar-refractivity contribution in [3.63, 3.8) is 0 Å². The van der Waals surface area contributed by atoms with Gasteiger partial charge in [0.05, 0.1) is 18.8 Å². The van der Waals surface area contributed by atoms with E-state index in [1.165, 1.54) is 167 Å². The number of hydrogen-bond acceptors (Lipinski definition) is 3. The van der Waals surface area contributed by atoms with Crippen LogP contribution < -0.4 is 5.32 Å². The van der Waals surface area contributed by atoms with Crippen molar-refractivity contribution < 1.29 is 15.0 Å². The summed E-state index contributed by atoms with van der Waals surface area (Å²) in [5, 5.41) is 23.0. The molecule has 0 fully saturated rings. The Morgan fingerprint density at radius 3 is 1.16 bits per heavy atom. The molecule has 0 aliphatic carbocycles. The summed E-state index contributed by atoms with van der Waals surface area (Å²) in [6.07, 6.45) is 68.9. The lowest BCUT2D eigenvalue weighted by atomic mass is 10.0. The molecule has 1 amide bonds. The van der Waals surface area contributed by atoms with Gasteiger partial charge in [-0.05, 0) is 83.5 Å². The second-order valence-electron chi connectivity index (χ2n) is 16.5. The summed E-state index contributed by atoms with van der Waals surface area (Å²) in [5.41, 5.74) is 0. The van der Waals surface area contributed by atoms with E-state index in [0.29, 0.717) is 6.42 Å². The van der Waals surface area contributed by atoms with Gasteiger partial charge in [0.25, 0.3) is 0 Å². The Hall–Kier alpha value is -2.17. The van der Waals surface area contributed by atoms with E-state index < -0.39 is 12.1 Å². The molecule has 0 aliphatic heterocycles. The van der Waals surface area contributed by atoms with Gasteiger partial charge in [0.15, 0.2) is 0 Å². The summed E-state index contributed by atoms with van der Waals surface area (Å²) in [5.74, 6) is -0.0798. The molecule has 2 unspecified atom stereocenters. The van der Waals surface area contributed by atoms with Crippen LogP contribution in [0.3, 0.4) is 0 Å². The van der Waals surface area contributed by atoms with Gasteiger partial charge in [0, 0.05) is 6.42 Å². The Bertz CT molecular complexity index is 992. The standard InChI is InChI=1S/C53H95NO3/c1-3-5-7-9-11-13-15-17-19-20-21-22-23-24-25-26-27-28-29-30-31-32-33-34-35-37-39-41-43-45-47-49-53(57)54-51(50-55)52(56)48-46-44-42-40-38-36-18-16-14-12-10-8-6-4-2/h14-17,20-21,23-24,38,40,46,48,51-52,55-56H,3-13,18-19,22,25-37,39,41-45,47,49-50H2,1-2H3,(H,54,57)/b16-14+,17-15-,21-20-,24-23-,40-38+,48-46+. The third-order valence-electron chi connectivity index (χ3n) is 10.9. The number of aliphatic hydroxyl groups excluding tert-OH is 2. The summed E-state index contributed by atoms with van der Waals surface area (Å²) in [4.78, 5) is 12.4. The predicted octanol–water partition coefficient (Wildman–Crippen LogP) is 15.9. The molecule has 3 N–H and O–H groups in total. The van der Waals surface area contributed by atoms with E-state index in [4.69, 9.17) is 0 Å². The fourth-order valence-electron chi connectivity index (χ4n) is 7.10. The van der Waals surface area contributed by atoms with Crippen LogP contribution in [0.25, 0.3) is 0 Å². The van der Waals surface area contributed by atoms with Crippen LogP contribution in [0.4, 0.5) is 0 Å². The molecule has 0 aliphatic rings. The van der Waals surface area contributed by atoms with E-state index in [2.05, 4.69) is 79.9 Å². The molecule has 57 heavy (non-hydrogen) atoms. The Kier molecular flexibility index (Phi) is 46.4. The van der Waals surface area contributed by atoms with Crippen molar-refractivity contribution in [1.82, 2.24) is 5.32 Å². The normalized spacial score (nSPS) is 13.5. The summed E-state index contributed by atoms with van der Waals surface area (Å²) in [6, 6.07) is -0.647. The van der Waals surface area contributed by atoms with Crippen LogP contribution in [0.1, 0.15) is 239 Å². The maximum Gasteiger partial charge on any atom is 0.220 e. The smallest absolute Gasteiger partial charge is 0.220 e. The monoisotopic (exact) mass is 794 g/mol. The summed E-state index contributed by atoms with van der Waals surface area (Å²) < 4.78 is 0. The number of amides is 1. The fraction of sp³-hybridized carbons (Fsp3) is 0.755. The fourth-order valence-corrected chi connectivity index (χ4v) is 7.10. The molecule has 0 aromatic heterocycles. The summed E-state index contributed by atoms with van der Waals surface area (Å²) in [6.45, 7) is 4.26. The maximum atomic E-state index is 12.4. The van der Waals surface area contributed by atoms with Crippen LogP contribution in [0.15, 0.2) is 72.9 Å². The van der Waals surface area contributed by atoms with E-state index in [0.717, 1.165) is 51.4 Å². The van der Waals surface area contributed by atoms with E-state index in [1.807, 2.05) is 6.08 Å². The minimum atomic E-state index is -0.871. The number of nitrogens with one attached hydrogen (secondary N) is 1. The second kappa shape index (κ2) is 48.2. The third kappa shape index (κ3) is 44.8. The van der Waals surface area contributed by atoms with Crippen molar-refractivity contribution in [2.75, 3.05) is 6.61 Å². The first-order chi connectivity index (χ1) is 28.2. The van der Waals surface area contributed by atoms with Gasteiger partial charge in [-0.2, -0.15) is 0 Å². The minimum absolute atomic E-state index is 0.0798. The Morgan fingerprint density at radius 1 is 0.421 bits per heavy atom. The third-order valence-corrected chi connectivity index (χ3v) is 10.9. The molecule has 0 heterocycles. The highest BCUT2D eigenvalue weighted by Gasteiger charge is 2.17. The second-order valence-corrected chi connectivity index (χ2v) is 16.5. The molecule has 330 valence electrons. The quantitative estimate of drug-likeness (QED) is 0.0425. The minimum Gasteiger partial charge on any atom is -0.394 e. The van der Waals surface area contributed by atoms with Gasteiger partial charge in [0.2, 0.25) is 5.91 Å². The molecule has 0 bridgehead atoms. The number of unbranched alkanes of at least 4 members (excludes halogenated alkanes) is 27. The molecular formula is C53H95NO3. The lowest BCUT2D eigenvalue weighted by Crippen LogP contribution is -2.45. The van der Waals surface area contributed by atoms with Crippen LogP contribution >= 0.6 is 0 Å². The van der Waals surface area contributed by atoms with Crippen molar-refractivity contribution in [2.24, 2.45) is 0 Å². The van der Waals surface area contributed by atoms with Crippen molar-refractivity contribution in [2.45, 2.75) is 251 Å². The van der Waals surface area contributed by atoms with E-state index in [1.54, 1.807) is 6.08 Å². The zero-order valence-electron chi connectivity index (χ0n) is 37.8. The Labute approximate surface area is 355 Å². The van der Waals surface area contributed by atoms with Gasteiger partial charge >= 0.3 is 0 Å². The van der Waals surface area contributed by atoms with E-state index in [-0.39, 0.29) is 12.5 Å². The van der Waals surface area contributed by atoms with Gasteiger partial charge in [-0.3, -0.25) is 4.79 Å². The van der Waals surface area contributed by atoms with Crippen LogP contribution in [0.5, 0.6) is 0 Å². The molecule has 0 aromatic carbocycles. The van der Waals surface area contributed by atoms with Gasteiger partial charge in [-0.25, -0.2) is 0 Å². The highest BCUT2D eigenvalue weighted by molar-refractivity contribution is 5.76. The van der Waals surface area contributed by atoms with Crippen LogP contribution in [0.2, 0.25) is 0 Å². The first-order valence-electron chi connectivity index (χ1n) is 24.7. The Balaban J connectivity index is 3.53. The van der Waals surface area contributed by atoms with Gasteiger partial charge in [-0.1, -0.05) is 222 Å². The number of carbonyl (C=O) groups is 1. The molecule has 0 aromatic rings. The molecule has 0 saturated heterocycles. The highest BCUT2D eigenvalue weighted by atomic mass is 16.3. The molecule has 0 saturated carbocycles. The lowest BCUT2D eigenvalue weighted by Gasteiger charge is -2.19. The van der Waals surface area contributed by atoms with Crippen molar-refractivity contribution in [3.8, 4) is 0 Å². The SMILES string of the molecule is CCCCCC/C=C/CC/C=C/CC/C=C/C(O)C(CO)NC(=O)CCCCCCCCCCCCCCCCCC/C=C\C/C=C\C/C=C\CCCCCCC. The molecule has 0 rings (SSSR count). The van der Waals surface area contributed by atoms with Crippen LogP contribution in [-0.2, 0) is 4.79 Å².